The summed E-state index contributed by atoms with van der Waals surface area (Å²) in [5.74, 6) is -0.681. The summed E-state index contributed by atoms with van der Waals surface area (Å²) >= 11 is 0. The summed E-state index contributed by atoms with van der Waals surface area (Å²) in [6, 6.07) is 1.59. The van der Waals surface area contributed by atoms with Crippen molar-refractivity contribution in [2.24, 2.45) is 5.14 Å². The summed E-state index contributed by atoms with van der Waals surface area (Å²) in [6.07, 6.45) is 0. The van der Waals surface area contributed by atoms with Crippen LogP contribution >= 0.6 is 0 Å². The van der Waals surface area contributed by atoms with Gasteiger partial charge in [-0.15, -0.1) is 0 Å². The molecule has 0 bridgehead atoms. The van der Waals surface area contributed by atoms with Crippen molar-refractivity contribution in [3.8, 4) is 0 Å². The Kier molecular flexibility index (Phi) is 4.13. The Labute approximate surface area is 99.5 Å². The van der Waals surface area contributed by atoms with E-state index in [1.165, 1.54) is 0 Å². The van der Waals surface area contributed by atoms with Crippen LogP contribution in [0.25, 0.3) is 0 Å². The quantitative estimate of drug-likeness (QED) is 0.727. The zero-order valence-electron chi connectivity index (χ0n) is 9.60. The lowest BCUT2D eigenvalue weighted by molar-refractivity contribution is 0.0954. The molecule has 0 saturated carbocycles. The maximum Gasteiger partial charge on any atom is 0.253 e. The van der Waals surface area contributed by atoms with E-state index in [-0.39, 0.29) is 18.2 Å². The van der Waals surface area contributed by atoms with Crippen molar-refractivity contribution in [1.82, 2.24) is 15.5 Å². The molecule has 0 aliphatic rings. The zero-order chi connectivity index (χ0) is 13.1. The third-order valence-electron chi connectivity index (χ3n) is 2.02. The van der Waals surface area contributed by atoms with Crippen LogP contribution in [0.4, 0.5) is 0 Å². The van der Waals surface area contributed by atoms with E-state index in [2.05, 4.69) is 15.5 Å². The average molecular weight is 258 g/mol. The lowest BCUT2D eigenvalue weighted by atomic mass is 10.2. The van der Waals surface area contributed by atoms with Crippen molar-refractivity contribution in [2.45, 2.75) is 13.8 Å². The van der Waals surface area contributed by atoms with Gasteiger partial charge in [0.05, 0.1) is 22.7 Å². The third kappa shape index (κ3) is 4.45. The Morgan fingerprint density at radius 3 is 2.65 bits per heavy atom. The largest absolute Gasteiger partial charge is 0.351 e. The molecule has 8 heteroatoms. The van der Waals surface area contributed by atoms with Crippen molar-refractivity contribution in [2.75, 3.05) is 12.3 Å². The smallest absolute Gasteiger partial charge is 0.253 e. The average Bonchev–Trinajstić information content (AvgIpc) is 2.19. The molecular formula is C9H14N4O3S. The topological polar surface area (TPSA) is 115 Å². The maximum absolute atomic E-state index is 11.7. The number of aromatic nitrogens is 2. The molecule has 0 radical (unpaired) electrons. The van der Waals surface area contributed by atoms with Gasteiger partial charge in [0.15, 0.2) is 0 Å². The van der Waals surface area contributed by atoms with Crippen LogP contribution in [0, 0.1) is 13.8 Å². The van der Waals surface area contributed by atoms with Crippen molar-refractivity contribution in [1.29, 1.82) is 0 Å². The molecule has 1 heterocycles. The van der Waals surface area contributed by atoms with Crippen molar-refractivity contribution in [3.05, 3.63) is 23.0 Å². The predicted octanol–water partition coefficient (Wildman–Crippen LogP) is -0.888. The summed E-state index contributed by atoms with van der Waals surface area (Å²) in [6.45, 7) is 3.34. The fourth-order valence-corrected chi connectivity index (χ4v) is 1.57. The third-order valence-corrected chi connectivity index (χ3v) is 2.79. The maximum atomic E-state index is 11.7. The highest BCUT2D eigenvalue weighted by molar-refractivity contribution is 7.89. The summed E-state index contributed by atoms with van der Waals surface area (Å²) in [4.78, 5) is 11.7. The van der Waals surface area contributed by atoms with E-state index in [9.17, 15) is 13.2 Å². The lowest BCUT2D eigenvalue weighted by Gasteiger charge is -2.06. The summed E-state index contributed by atoms with van der Waals surface area (Å²) in [5.41, 5.74) is 1.49. The second kappa shape index (κ2) is 5.19. The van der Waals surface area contributed by atoms with Gasteiger partial charge in [0.1, 0.15) is 0 Å². The van der Waals surface area contributed by atoms with Crippen LogP contribution < -0.4 is 10.5 Å². The van der Waals surface area contributed by atoms with Gasteiger partial charge in [-0.25, -0.2) is 13.6 Å². The van der Waals surface area contributed by atoms with E-state index in [4.69, 9.17) is 5.14 Å². The van der Waals surface area contributed by atoms with Gasteiger partial charge in [0.2, 0.25) is 10.0 Å². The van der Waals surface area contributed by atoms with E-state index < -0.39 is 10.0 Å². The first kappa shape index (κ1) is 13.5. The first-order chi connectivity index (χ1) is 7.79. The molecule has 0 spiro atoms. The predicted molar refractivity (Wildman–Crippen MR) is 61.8 cm³/mol. The van der Waals surface area contributed by atoms with Crippen molar-refractivity contribution in [3.63, 3.8) is 0 Å². The van der Waals surface area contributed by atoms with Crippen LogP contribution in [0.2, 0.25) is 0 Å². The molecule has 94 valence electrons. The van der Waals surface area contributed by atoms with Crippen molar-refractivity contribution >= 4 is 15.9 Å². The molecule has 3 N–H and O–H groups in total. The molecule has 0 aromatic carbocycles. The Hall–Kier alpha value is -1.54. The standard InChI is InChI=1S/C9H14N4O3S/c1-6-5-8(7(2)13-12-6)9(14)11-3-4-17(10,15)16/h5H,3-4H2,1-2H3,(H,11,14)(H2,10,15,16). The number of nitrogens with one attached hydrogen (secondary N) is 1. The molecule has 0 fully saturated rings. The molecule has 0 aliphatic heterocycles. The normalized spacial score (nSPS) is 11.2. The number of rotatable bonds is 4. The highest BCUT2D eigenvalue weighted by Crippen LogP contribution is 2.04. The zero-order valence-corrected chi connectivity index (χ0v) is 10.4. The Balaban J connectivity index is 2.67. The van der Waals surface area contributed by atoms with Gasteiger partial charge in [0, 0.05) is 6.54 Å². The van der Waals surface area contributed by atoms with Gasteiger partial charge in [-0.1, -0.05) is 0 Å². The fraction of sp³-hybridized carbons (Fsp3) is 0.444. The van der Waals surface area contributed by atoms with Crippen LogP contribution in [0.15, 0.2) is 6.07 Å². The number of nitrogens with two attached hydrogens (primary N) is 1. The summed E-state index contributed by atoms with van der Waals surface area (Å²) < 4.78 is 21.3. The summed E-state index contributed by atoms with van der Waals surface area (Å²) in [5, 5.41) is 14.9. The van der Waals surface area contributed by atoms with Crippen LogP contribution in [0.3, 0.4) is 0 Å². The van der Waals surface area contributed by atoms with E-state index in [0.29, 0.717) is 17.0 Å². The number of nitrogens with zero attached hydrogens (tertiary/aromatic N) is 2. The minimum Gasteiger partial charge on any atom is -0.351 e. The van der Waals surface area contributed by atoms with Gasteiger partial charge in [-0.2, -0.15) is 10.2 Å². The number of primary sulfonamides is 1. The Morgan fingerprint density at radius 2 is 2.06 bits per heavy atom. The number of hydrogen-bond acceptors (Lipinski definition) is 5. The number of sulfonamides is 1. The highest BCUT2D eigenvalue weighted by Gasteiger charge is 2.11. The summed E-state index contributed by atoms with van der Waals surface area (Å²) in [7, 11) is -3.56. The van der Waals surface area contributed by atoms with Gasteiger partial charge in [-0.3, -0.25) is 4.79 Å². The van der Waals surface area contributed by atoms with Crippen LogP contribution in [0.1, 0.15) is 21.7 Å². The number of amides is 1. The van der Waals surface area contributed by atoms with E-state index >= 15 is 0 Å². The molecule has 1 rings (SSSR count). The van der Waals surface area contributed by atoms with Gasteiger partial charge in [0.25, 0.3) is 5.91 Å². The van der Waals surface area contributed by atoms with Crippen LogP contribution in [-0.4, -0.2) is 36.8 Å². The van der Waals surface area contributed by atoms with Crippen LogP contribution in [0.5, 0.6) is 0 Å². The number of aryl methyl sites for hydroxylation is 2. The molecule has 0 unspecified atom stereocenters. The number of carbonyl (C=O) groups excluding carboxylic acids is 1. The molecule has 0 saturated heterocycles. The number of carbonyl (C=O) groups is 1. The highest BCUT2D eigenvalue weighted by atomic mass is 32.2. The molecule has 1 aromatic heterocycles. The Morgan fingerprint density at radius 1 is 1.41 bits per heavy atom. The van der Waals surface area contributed by atoms with Gasteiger partial charge >= 0.3 is 0 Å². The second-order valence-corrected chi connectivity index (χ2v) is 5.34. The molecule has 17 heavy (non-hydrogen) atoms. The molecule has 0 aliphatic carbocycles. The van der Waals surface area contributed by atoms with Crippen molar-refractivity contribution < 1.29 is 13.2 Å². The minimum atomic E-state index is -3.56. The van der Waals surface area contributed by atoms with Crippen LogP contribution in [-0.2, 0) is 10.0 Å². The van der Waals surface area contributed by atoms with E-state index in [0.717, 1.165) is 0 Å². The molecule has 1 aromatic rings. The molecular weight excluding hydrogens is 244 g/mol. The number of hydrogen-bond donors (Lipinski definition) is 2. The lowest BCUT2D eigenvalue weighted by Crippen LogP contribution is -2.32. The van der Waals surface area contributed by atoms with Gasteiger partial charge < -0.3 is 5.32 Å². The Bertz CT molecular complexity index is 527. The van der Waals surface area contributed by atoms with Gasteiger partial charge in [-0.05, 0) is 19.9 Å². The minimum absolute atomic E-state index is 0.0293. The van der Waals surface area contributed by atoms with E-state index in [1.54, 1.807) is 19.9 Å². The fourth-order valence-electron chi connectivity index (χ4n) is 1.18. The monoisotopic (exact) mass is 258 g/mol. The molecule has 1 amide bonds. The first-order valence-corrected chi connectivity index (χ1v) is 6.61. The van der Waals surface area contributed by atoms with E-state index in [1.807, 2.05) is 0 Å². The molecule has 0 atom stereocenters. The molecule has 7 nitrogen and oxygen atoms in total. The second-order valence-electron chi connectivity index (χ2n) is 3.61. The SMILES string of the molecule is Cc1cc(C(=O)NCCS(N)(=O)=O)c(C)nn1. The first-order valence-electron chi connectivity index (χ1n) is 4.89.